The van der Waals surface area contributed by atoms with Crippen LogP contribution in [0.1, 0.15) is 44.9 Å². The molecular formula is C13H22N4O. The van der Waals surface area contributed by atoms with E-state index in [0.29, 0.717) is 5.82 Å². The third-order valence-electron chi connectivity index (χ3n) is 2.98. The first-order chi connectivity index (χ1) is 8.65. The molecule has 100 valence electrons. The van der Waals surface area contributed by atoms with E-state index in [1.54, 1.807) is 0 Å². The summed E-state index contributed by atoms with van der Waals surface area (Å²) in [7, 11) is 0. The van der Waals surface area contributed by atoms with Crippen LogP contribution in [0.2, 0.25) is 0 Å². The molecule has 0 saturated heterocycles. The van der Waals surface area contributed by atoms with Crippen molar-refractivity contribution in [3.8, 4) is 0 Å². The molecule has 5 nitrogen and oxygen atoms in total. The highest BCUT2D eigenvalue weighted by Gasteiger charge is 2.19. The van der Waals surface area contributed by atoms with E-state index in [2.05, 4.69) is 20.6 Å². The van der Waals surface area contributed by atoms with Gasteiger partial charge in [-0.05, 0) is 25.8 Å². The molecule has 0 atom stereocenters. The van der Waals surface area contributed by atoms with Crippen molar-refractivity contribution < 1.29 is 0 Å². The molecule has 18 heavy (non-hydrogen) atoms. The summed E-state index contributed by atoms with van der Waals surface area (Å²) >= 11 is 0. The van der Waals surface area contributed by atoms with E-state index in [0.717, 1.165) is 31.4 Å². The molecule has 1 aromatic rings. The number of aromatic amines is 1. The SMILES string of the molecule is CC(C)c1nc(NCCCNC2CC2)cc(=O)[nH]1. The fourth-order valence-corrected chi connectivity index (χ4v) is 1.74. The summed E-state index contributed by atoms with van der Waals surface area (Å²) in [6, 6.07) is 2.27. The van der Waals surface area contributed by atoms with Gasteiger partial charge in [0.05, 0.1) is 0 Å². The first kappa shape index (κ1) is 13.1. The highest BCUT2D eigenvalue weighted by Crippen LogP contribution is 2.18. The van der Waals surface area contributed by atoms with Crippen molar-refractivity contribution in [3.05, 3.63) is 22.2 Å². The predicted molar refractivity (Wildman–Crippen MR) is 73.1 cm³/mol. The molecule has 5 heteroatoms. The summed E-state index contributed by atoms with van der Waals surface area (Å²) in [5, 5.41) is 6.66. The number of rotatable bonds is 7. The zero-order chi connectivity index (χ0) is 13.0. The first-order valence-electron chi connectivity index (χ1n) is 6.73. The summed E-state index contributed by atoms with van der Waals surface area (Å²) < 4.78 is 0. The minimum atomic E-state index is -0.0905. The van der Waals surface area contributed by atoms with Crippen molar-refractivity contribution in [2.45, 2.75) is 45.1 Å². The Balaban J connectivity index is 1.78. The Kier molecular flexibility index (Phi) is 4.36. The van der Waals surface area contributed by atoms with Gasteiger partial charge in [-0.15, -0.1) is 0 Å². The monoisotopic (exact) mass is 250 g/mol. The van der Waals surface area contributed by atoms with Gasteiger partial charge in [-0.25, -0.2) is 4.98 Å². The van der Waals surface area contributed by atoms with Crippen LogP contribution in [-0.2, 0) is 0 Å². The van der Waals surface area contributed by atoms with Crippen LogP contribution in [-0.4, -0.2) is 29.1 Å². The molecule has 0 aliphatic heterocycles. The van der Waals surface area contributed by atoms with Crippen molar-refractivity contribution in [2.75, 3.05) is 18.4 Å². The lowest BCUT2D eigenvalue weighted by molar-refractivity contribution is 0.658. The summed E-state index contributed by atoms with van der Waals surface area (Å²) in [5.41, 5.74) is -0.0905. The van der Waals surface area contributed by atoms with Crippen LogP contribution in [0.3, 0.4) is 0 Å². The fourth-order valence-electron chi connectivity index (χ4n) is 1.74. The molecule has 0 amide bonds. The lowest BCUT2D eigenvalue weighted by atomic mass is 10.2. The van der Waals surface area contributed by atoms with Crippen molar-refractivity contribution in [3.63, 3.8) is 0 Å². The lowest BCUT2D eigenvalue weighted by Crippen LogP contribution is -2.21. The average molecular weight is 250 g/mol. The smallest absolute Gasteiger partial charge is 0.252 e. The summed E-state index contributed by atoms with van der Waals surface area (Å²) in [5.74, 6) is 1.64. The molecule has 2 rings (SSSR count). The van der Waals surface area contributed by atoms with E-state index in [-0.39, 0.29) is 11.5 Å². The predicted octanol–water partition coefficient (Wildman–Crippen LogP) is 1.45. The number of aromatic nitrogens is 2. The van der Waals surface area contributed by atoms with Crippen LogP contribution in [0.15, 0.2) is 10.9 Å². The van der Waals surface area contributed by atoms with Crippen molar-refractivity contribution in [1.29, 1.82) is 0 Å². The molecular weight excluding hydrogens is 228 g/mol. The van der Waals surface area contributed by atoms with Gasteiger partial charge in [0.25, 0.3) is 5.56 Å². The summed E-state index contributed by atoms with van der Waals surface area (Å²) in [6.07, 6.45) is 3.68. The van der Waals surface area contributed by atoms with Crippen LogP contribution in [0.25, 0.3) is 0 Å². The second-order valence-corrected chi connectivity index (χ2v) is 5.18. The highest BCUT2D eigenvalue weighted by atomic mass is 16.1. The van der Waals surface area contributed by atoms with E-state index in [9.17, 15) is 4.79 Å². The minimum Gasteiger partial charge on any atom is -0.370 e. The van der Waals surface area contributed by atoms with Gasteiger partial charge in [-0.1, -0.05) is 13.8 Å². The van der Waals surface area contributed by atoms with Gasteiger partial charge in [-0.3, -0.25) is 4.79 Å². The molecule has 0 radical (unpaired) electrons. The van der Waals surface area contributed by atoms with Crippen LogP contribution in [0, 0.1) is 0 Å². The van der Waals surface area contributed by atoms with Gasteiger partial charge in [0.2, 0.25) is 0 Å². The van der Waals surface area contributed by atoms with Gasteiger partial charge in [-0.2, -0.15) is 0 Å². The maximum atomic E-state index is 11.5. The molecule has 3 N–H and O–H groups in total. The largest absolute Gasteiger partial charge is 0.370 e. The molecule has 1 aliphatic rings. The molecule has 1 aliphatic carbocycles. The second-order valence-electron chi connectivity index (χ2n) is 5.18. The first-order valence-corrected chi connectivity index (χ1v) is 6.73. The topological polar surface area (TPSA) is 69.8 Å². The molecule has 1 fully saturated rings. The summed E-state index contributed by atoms with van der Waals surface area (Å²) in [4.78, 5) is 18.6. The molecule has 1 aromatic heterocycles. The van der Waals surface area contributed by atoms with Crippen LogP contribution < -0.4 is 16.2 Å². The number of nitrogens with zero attached hydrogens (tertiary/aromatic N) is 1. The van der Waals surface area contributed by atoms with Crippen molar-refractivity contribution in [2.24, 2.45) is 0 Å². The number of H-pyrrole nitrogens is 1. The van der Waals surface area contributed by atoms with Crippen LogP contribution in [0.4, 0.5) is 5.82 Å². The van der Waals surface area contributed by atoms with Gasteiger partial charge >= 0.3 is 0 Å². The van der Waals surface area contributed by atoms with E-state index < -0.39 is 0 Å². The molecule has 0 spiro atoms. The van der Waals surface area contributed by atoms with E-state index in [4.69, 9.17) is 0 Å². The number of hydrogen-bond donors (Lipinski definition) is 3. The standard InChI is InChI=1S/C13H22N4O/c1-9(2)13-16-11(8-12(18)17-13)15-7-3-6-14-10-4-5-10/h8-10,14H,3-7H2,1-2H3,(H2,15,16,17,18). The van der Waals surface area contributed by atoms with Crippen LogP contribution in [0.5, 0.6) is 0 Å². The third-order valence-corrected chi connectivity index (χ3v) is 2.98. The highest BCUT2D eigenvalue weighted by molar-refractivity contribution is 5.33. The Bertz CT molecular complexity index is 437. The molecule has 0 unspecified atom stereocenters. The Morgan fingerprint density at radius 1 is 1.44 bits per heavy atom. The average Bonchev–Trinajstić information content (AvgIpc) is 3.12. The molecule has 1 heterocycles. The number of anilines is 1. The van der Waals surface area contributed by atoms with Gasteiger partial charge in [0.1, 0.15) is 11.6 Å². The fraction of sp³-hybridized carbons (Fsp3) is 0.692. The Hall–Kier alpha value is -1.36. The number of nitrogens with one attached hydrogen (secondary N) is 3. The van der Waals surface area contributed by atoms with Crippen LogP contribution >= 0.6 is 0 Å². The third kappa shape index (κ3) is 4.14. The Morgan fingerprint density at radius 2 is 2.22 bits per heavy atom. The van der Waals surface area contributed by atoms with Gasteiger partial charge in [0, 0.05) is 24.6 Å². The van der Waals surface area contributed by atoms with Gasteiger partial charge < -0.3 is 15.6 Å². The normalized spacial score (nSPS) is 15.1. The van der Waals surface area contributed by atoms with Crippen molar-refractivity contribution >= 4 is 5.82 Å². The second kappa shape index (κ2) is 6.00. The quantitative estimate of drug-likeness (QED) is 0.641. The van der Waals surface area contributed by atoms with E-state index in [1.807, 2.05) is 13.8 Å². The summed E-state index contributed by atoms with van der Waals surface area (Å²) in [6.45, 7) is 5.90. The Morgan fingerprint density at radius 3 is 2.89 bits per heavy atom. The molecule has 0 bridgehead atoms. The van der Waals surface area contributed by atoms with Crippen molar-refractivity contribution in [1.82, 2.24) is 15.3 Å². The van der Waals surface area contributed by atoms with Gasteiger partial charge in [0.15, 0.2) is 0 Å². The molecule has 0 aromatic carbocycles. The Labute approximate surface area is 107 Å². The lowest BCUT2D eigenvalue weighted by Gasteiger charge is -2.09. The minimum absolute atomic E-state index is 0.0905. The van der Waals surface area contributed by atoms with E-state index >= 15 is 0 Å². The zero-order valence-electron chi connectivity index (χ0n) is 11.1. The molecule has 1 saturated carbocycles. The number of hydrogen-bond acceptors (Lipinski definition) is 4. The van der Waals surface area contributed by atoms with E-state index in [1.165, 1.54) is 18.9 Å². The zero-order valence-corrected chi connectivity index (χ0v) is 11.1. The maximum Gasteiger partial charge on any atom is 0.252 e. The maximum absolute atomic E-state index is 11.5.